The van der Waals surface area contributed by atoms with Crippen molar-refractivity contribution in [2.24, 2.45) is 5.41 Å². The van der Waals surface area contributed by atoms with Crippen LogP contribution >= 0.6 is 0 Å². The minimum atomic E-state index is -0.117. The molecule has 0 aromatic heterocycles. The molecule has 1 saturated carbocycles. The number of hydrogen-bond donors (Lipinski definition) is 2. The average molecular weight is 213 g/mol. The fraction of sp³-hybridized carbons (Fsp3) is 1.00. The van der Waals surface area contributed by atoms with Gasteiger partial charge in [-0.15, -0.1) is 0 Å². The molecule has 0 aromatic carbocycles. The predicted molar refractivity (Wildman–Crippen MR) is 59.8 cm³/mol. The van der Waals surface area contributed by atoms with Crippen molar-refractivity contribution in [3.63, 3.8) is 0 Å². The summed E-state index contributed by atoms with van der Waals surface area (Å²) in [6.45, 7) is 5.14. The zero-order chi connectivity index (χ0) is 10.7. The fourth-order valence-corrected chi connectivity index (χ4v) is 2.60. The van der Waals surface area contributed by atoms with E-state index in [4.69, 9.17) is 4.74 Å². The number of ether oxygens (including phenoxy) is 1. The Labute approximate surface area is 92.2 Å². The molecule has 3 heteroatoms. The molecule has 0 unspecified atom stereocenters. The smallest absolute Gasteiger partial charge is 0.0693 e. The van der Waals surface area contributed by atoms with Crippen LogP contribution in [0.5, 0.6) is 0 Å². The molecule has 2 N–H and O–H groups in total. The first-order valence-corrected chi connectivity index (χ1v) is 6.19. The van der Waals surface area contributed by atoms with Crippen molar-refractivity contribution < 1.29 is 9.84 Å². The van der Waals surface area contributed by atoms with Crippen molar-refractivity contribution >= 4 is 0 Å². The minimum absolute atomic E-state index is 0.117. The largest absolute Gasteiger partial charge is 0.392 e. The first-order chi connectivity index (χ1) is 7.20. The van der Waals surface area contributed by atoms with E-state index in [2.05, 4.69) is 12.2 Å². The van der Waals surface area contributed by atoms with E-state index in [1.54, 1.807) is 0 Å². The lowest BCUT2D eigenvalue weighted by Gasteiger charge is -2.35. The Balaban J connectivity index is 1.76. The summed E-state index contributed by atoms with van der Waals surface area (Å²) in [5.74, 6) is 0. The molecule has 0 amide bonds. The number of rotatable bonds is 3. The van der Waals surface area contributed by atoms with Crippen LogP contribution in [0.1, 0.15) is 39.0 Å². The SMILES string of the molecule is CC1(CN[C@H]2CCC[C@@H]2O)CCOCC1. The summed E-state index contributed by atoms with van der Waals surface area (Å²) in [5, 5.41) is 13.3. The summed E-state index contributed by atoms with van der Waals surface area (Å²) in [7, 11) is 0. The molecule has 1 aliphatic carbocycles. The molecule has 3 nitrogen and oxygen atoms in total. The Bertz CT molecular complexity index is 202. The molecule has 2 aliphatic rings. The predicted octanol–water partition coefficient (Wildman–Crippen LogP) is 1.31. The molecular weight excluding hydrogens is 190 g/mol. The highest BCUT2D eigenvalue weighted by Gasteiger charge is 2.30. The molecule has 0 aromatic rings. The standard InChI is InChI=1S/C12H23NO2/c1-12(5-7-15-8-6-12)9-13-10-3-2-4-11(10)14/h10-11,13-14H,2-9H2,1H3/t10-,11-/m0/s1. The third kappa shape index (κ3) is 2.92. The number of aliphatic hydroxyl groups is 1. The van der Waals surface area contributed by atoms with E-state index in [0.29, 0.717) is 11.5 Å². The molecule has 1 aliphatic heterocycles. The van der Waals surface area contributed by atoms with Crippen LogP contribution in [0.4, 0.5) is 0 Å². The van der Waals surface area contributed by atoms with Gasteiger partial charge in [-0.1, -0.05) is 6.92 Å². The molecule has 2 fully saturated rings. The van der Waals surface area contributed by atoms with Gasteiger partial charge in [0.25, 0.3) is 0 Å². The maximum atomic E-state index is 9.72. The van der Waals surface area contributed by atoms with Crippen molar-refractivity contribution in [2.75, 3.05) is 19.8 Å². The lowest BCUT2D eigenvalue weighted by atomic mass is 9.82. The molecular formula is C12H23NO2. The lowest BCUT2D eigenvalue weighted by Crippen LogP contribution is -2.44. The normalized spacial score (nSPS) is 35.6. The van der Waals surface area contributed by atoms with Crippen LogP contribution in [0, 0.1) is 5.41 Å². The Hall–Kier alpha value is -0.120. The van der Waals surface area contributed by atoms with Crippen LogP contribution in [-0.2, 0) is 4.74 Å². The van der Waals surface area contributed by atoms with Crippen molar-refractivity contribution in [3.05, 3.63) is 0 Å². The topological polar surface area (TPSA) is 41.5 Å². The van der Waals surface area contributed by atoms with Crippen LogP contribution < -0.4 is 5.32 Å². The van der Waals surface area contributed by atoms with E-state index < -0.39 is 0 Å². The highest BCUT2D eigenvalue weighted by molar-refractivity contribution is 4.86. The van der Waals surface area contributed by atoms with Gasteiger partial charge in [0, 0.05) is 25.8 Å². The summed E-state index contributed by atoms with van der Waals surface area (Å²) >= 11 is 0. The van der Waals surface area contributed by atoms with E-state index in [1.165, 1.54) is 6.42 Å². The van der Waals surface area contributed by atoms with E-state index in [-0.39, 0.29) is 6.10 Å². The molecule has 1 saturated heterocycles. The highest BCUT2D eigenvalue weighted by Crippen LogP contribution is 2.29. The third-order valence-electron chi connectivity index (χ3n) is 3.97. The number of aliphatic hydroxyl groups excluding tert-OH is 1. The van der Waals surface area contributed by atoms with Gasteiger partial charge in [-0.25, -0.2) is 0 Å². The molecule has 0 spiro atoms. The molecule has 0 radical (unpaired) electrons. The van der Waals surface area contributed by atoms with Crippen LogP contribution in [0.15, 0.2) is 0 Å². The van der Waals surface area contributed by atoms with Gasteiger partial charge in [0.2, 0.25) is 0 Å². The first-order valence-electron chi connectivity index (χ1n) is 6.19. The van der Waals surface area contributed by atoms with Crippen LogP contribution in [-0.4, -0.2) is 37.0 Å². The van der Waals surface area contributed by atoms with Crippen molar-refractivity contribution in [1.29, 1.82) is 0 Å². The fourth-order valence-electron chi connectivity index (χ4n) is 2.60. The van der Waals surface area contributed by atoms with E-state index in [0.717, 1.165) is 45.4 Å². The molecule has 2 rings (SSSR count). The second-order valence-corrected chi connectivity index (χ2v) is 5.41. The van der Waals surface area contributed by atoms with E-state index in [1.807, 2.05) is 0 Å². The highest BCUT2D eigenvalue weighted by atomic mass is 16.5. The van der Waals surface area contributed by atoms with Gasteiger partial charge >= 0.3 is 0 Å². The summed E-state index contributed by atoms with van der Waals surface area (Å²) in [6, 6.07) is 0.338. The van der Waals surface area contributed by atoms with Crippen LogP contribution in [0.3, 0.4) is 0 Å². The van der Waals surface area contributed by atoms with E-state index >= 15 is 0 Å². The Morgan fingerprint density at radius 1 is 1.33 bits per heavy atom. The third-order valence-corrected chi connectivity index (χ3v) is 3.97. The maximum absolute atomic E-state index is 9.72. The minimum Gasteiger partial charge on any atom is -0.392 e. The van der Waals surface area contributed by atoms with Gasteiger partial charge < -0.3 is 15.2 Å². The Kier molecular flexibility index (Phi) is 3.65. The molecule has 2 atom stereocenters. The van der Waals surface area contributed by atoms with Gasteiger partial charge in [0.05, 0.1) is 6.10 Å². The summed E-state index contributed by atoms with van der Waals surface area (Å²) in [5.41, 5.74) is 0.376. The molecule has 15 heavy (non-hydrogen) atoms. The maximum Gasteiger partial charge on any atom is 0.0693 e. The van der Waals surface area contributed by atoms with Gasteiger partial charge in [-0.3, -0.25) is 0 Å². The van der Waals surface area contributed by atoms with Crippen molar-refractivity contribution in [2.45, 2.75) is 51.2 Å². The van der Waals surface area contributed by atoms with E-state index in [9.17, 15) is 5.11 Å². The monoisotopic (exact) mass is 213 g/mol. The first kappa shape index (κ1) is 11.4. The lowest BCUT2D eigenvalue weighted by molar-refractivity contribution is 0.0205. The molecule has 0 bridgehead atoms. The average Bonchev–Trinajstić information content (AvgIpc) is 2.62. The molecule has 1 heterocycles. The van der Waals surface area contributed by atoms with Crippen LogP contribution in [0.25, 0.3) is 0 Å². The van der Waals surface area contributed by atoms with Gasteiger partial charge in [-0.05, 0) is 37.5 Å². The number of nitrogens with one attached hydrogen (secondary N) is 1. The van der Waals surface area contributed by atoms with Gasteiger partial charge in [0.15, 0.2) is 0 Å². The zero-order valence-electron chi connectivity index (χ0n) is 9.67. The quantitative estimate of drug-likeness (QED) is 0.742. The summed E-state index contributed by atoms with van der Waals surface area (Å²) < 4.78 is 5.38. The zero-order valence-corrected chi connectivity index (χ0v) is 9.67. The van der Waals surface area contributed by atoms with Gasteiger partial charge in [0.1, 0.15) is 0 Å². The van der Waals surface area contributed by atoms with Crippen LogP contribution in [0.2, 0.25) is 0 Å². The number of hydrogen-bond acceptors (Lipinski definition) is 3. The second-order valence-electron chi connectivity index (χ2n) is 5.41. The molecule has 88 valence electrons. The summed E-state index contributed by atoms with van der Waals surface area (Å²) in [4.78, 5) is 0. The van der Waals surface area contributed by atoms with Gasteiger partial charge in [-0.2, -0.15) is 0 Å². The summed E-state index contributed by atoms with van der Waals surface area (Å²) in [6.07, 6.45) is 5.43. The second kappa shape index (κ2) is 4.81. The Morgan fingerprint density at radius 3 is 2.67 bits per heavy atom. The Morgan fingerprint density at radius 2 is 2.07 bits per heavy atom. The van der Waals surface area contributed by atoms with Crippen molar-refractivity contribution in [1.82, 2.24) is 5.32 Å². The van der Waals surface area contributed by atoms with Crippen molar-refractivity contribution in [3.8, 4) is 0 Å².